The highest BCUT2D eigenvalue weighted by Crippen LogP contribution is 2.21. The molecule has 128 valence electrons. The molecule has 0 amide bonds. The lowest BCUT2D eigenvalue weighted by molar-refractivity contribution is 0.371. The van der Waals surface area contributed by atoms with E-state index < -0.39 is 0 Å². The van der Waals surface area contributed by atoms with Crippen LogP contribution in [0.15, 0.2) is 29.4 Å². The van der Waals surface area contributed by atoms with Gasteiger partial charge in [0, 0.05) is 43.7 Å². The van der Waals surface area contributed by atoms with E-state index in [1.165, 1.54) is 0 Å². The number of hydrogen-bond acceptors (Lipinski definition) is 4. The van der Waals surface area contributed by atoms with Gasteiger partial charge in [-0.1, -0.05) is 6.07 Å². The van der Waals surface area contributed by atoms with Crippen LogP contribution in [-0.2, 0) is 0 Å². The van der Waals surface area contributed by atoms with Crippen molar-refractivity contribution in [3.05, 3.63) is 24.4 Å². The molecule has 6 heteroatoms. The zero-order valence-corrected chi connectivity index (χ0v) is 15.6. The van der Waals surface area contributed by atoms with E-state index in [4.69, 9.17) is 4.99 Å². The van der Waals surface area contributed by atoms with Crippen LogP contribution in [0.5, 0.6) is 0 Å². The van der Waals surface area contributed by atoms with Crippen LogP contribution in [0.2, 0.25) is 0 Å². The van der Waals surface area contributed by atoms with Gasteiger partial charge in [-0.25, -0.2) is 4.98 Å². The van der Waals surface area contributed by atoms with Gasteiger partial charge in [-0.15, -0.1) is 0 Å². The second kappa shape index (κ2) is 8.43. The molecular formula is C17H29N5S. The second-order valence-electron chi connectivity index (χ2n) is 6.30. The number of guanidine groups is 1. The second-order valence-corrected chi connectivity index (χ2v) is 7.81. The minimum atomic E-state index is 0.177. The molecule has 1 aromatic heterocycles. The lowest BCUT2D eigenvalue weighted by Crippen LogP contribution is -2.53. The van der Waals surface area contributed by atoms with E-state index in [2.05, 4.69) is 53.2 Å². The zero-order chi connectivity index (χ0) is 16.7. The molecule has 1 fully saturated rings. The summed E-state index contributed by atoms with van der Waals surface area (Å²) in [6, 6.07) is 6.09. The third kappa shape index (κ3) is 5.30. The van der Waals surface area contributed by atoms with Crippen molar-refractivity contribution in [2.45, 2.75) is 25.5 Å². The van der Waals surface area contributed by atoms with Crippen molar-refractivity contribution in [2.75, 3.05) is 50.4 Å². The quantitative estimate of drug-likeness (QED) is 0.661. The smallest absolute Gasteiger partial charge is 0.194 e. The molecule has 2 heterocycles. The predicted molar refractivity (Wildman–Crippen MR) is 102 cm³/mol. The van der Waals surface area contributed by atoms with Gasteiger partial charge in [-0.2, -0.15) is 11.8 Å². The molecule has 0 unspecified atom stereocenters. The van der Waals surface area contributed by atoms with E-state index in [9.17, 15) is 0 Å². The molecule has 23 heavy (non-hydrogen) atoms. The minimum Gasteiger partial charge on any atom is -0.357 e. The van der Waals surface area contributed by atoms with E-state index in [0.29, 0.717) is 0 Å². The first-order valence-corrected chi connectivity index (χ1v) is 9.52. The highest BCUT2D eigenvalue weighted by atomic mass is 32.2. The lowest BCUT2D eigenvalue weighted by Gasteiger charge is -2.37. The summed E-state index contributed by atoms with van der Waals surface area (Å²) in [6.45, 7) is 12.2. The Kier molecular flexibility index (Phi) is 6.57. The number of aromatic nitrogens is 1. The van der Waals surface area contributed by atoms with Gasteiger partial charge in [0.25, 0.3) is 0 Å². The maximum Gasteiger partial charge on any atom is 0.194 e. The van der Waals surface area contributed by atoms with Crippen molar-refractivity contribution in [3.8, 4) is 0 Å². The molecule has 0 radical (unpaired) electrons. The van der Waals surface area contributed by atoms with Crippen LogP contribution in [0.25, 0.3) is 0 Å². The number of anilines is 1. The summed E-state index contributed by atoms with van der Waals surface area (Å²) < 4.78 is 0.177. The fourth-order valence-corrected chi connectivity index (χ4v) is 2.64. The Morgan fingerprint density at radius 3 is 2.61 bits per heavy atom. The lowest BCUT2D eigenvalue weighted by atomic mass is 10.2. The van der Waals surface area contributed by atoms with Crippen LogP contribution in [0.4, 0.5) is 5.82 Å². The topological polar surface area (TPSA) is 43.8 Å². The Balaban J connectivity index is 1.96. The molecule has 1 aromatic rings. The van der Waals surface area contributed by atoms with Crippen LogP contribution >= 0.6 is 11.8 Å². The first-order chi connectivity index (χ1) is 11.1. The molecule has 2 rings (SSSR count). The Labute approximate surface area is 144 Å². The first-order valence-electron chi connectivity index (χ1n) is 8.30. The molecule has 1 aliphatic heterocycles. The van der Waals surface area contributed by atoms with Crippen LogP contribution in [0.3, 0.4) is 0 Å². The summed E-state index contributed by atoms with van der Waals surface area (Å²) in [5.74, 6) is 2.10. The van der Waals surface area contributed by atoms with Gasteiger partial charge in [-0.05, 0) is 39.2 Å². The molecular weight excluding hydrogens is 306 g/mol. The molecule has 0 aliphatic carbocycles. The van der Waals surface area contributed by atoms with E-state index >= 15 is 0 Å². The summed E-state index contributed by atoms with van der Waals surface area (Å²) in [5.41, 5.74) is 0. The highest BCUT2D eigenvalue weighted by molar-refractivity contribution is 7.99. The normalized spacial score (nSPS) is 16.6. The van der Waals surface area contributed by atoms with Crippen LogP contribution in [0.1, 0.15) is 20.8 Å². The molecule has 0 spiro atoms. The number of rotatable bonds is 5. The van der Waals surface area contributed by atoms with Gasteiger partial charge in [0.15, 0.2) is 5.96 Å². The Morgan fingerprint density at radius 2 is 2.04 bits per heavy atom. The van der Waals surface area contributed by atoms with E-state index in [1.54, 1.807) is 0 Å². The molecule has 0 saturated carbocycles. The number of nitrogens with one attached hydrogen (secondary N) is 1. The average Bonchev–Trinajstić information content (AvgIpc) is 2.59. The van der Waals surface area contributed by atoms with Gasteiger partial charge in [-0.3, -0.25) is 4.99 Å². The maximum atomic E-state index is 4.85. The summed E-state index contributed by atoms with van der Waals surface area (Å²) >= 11 is 1.86. The van der Waals surface area contributed by atoms with Crippen molar-refractivity contribution in [1.29, 1.82) is 0 Å². The van der Waals surface area contributed by atoms with Crippen molar-refractivity contribution >= 4 is 23.5 Å². The Hall–Kier alpha value is -1.43. The molecule has 0 atom stereocenters. The Bertz CT molecular complexity index is 495. The fourth-order valence-electron chi connectivity index (χ4n) is 2.44. The molecule has 1 aliphatic rings. The average molecular weight is 336 g/mol. The van der Waals surface area contributed by atoms with E-state index in [-0.39, 0.29) is 4.75 Å². The molecule has 1 N–H and O–H groups in total. The predicted octanol–water partition coefficient (Wildman–Crippen LogP) is 2.31. The monoisotopic (exact) mass is 335 g/mol. The summed E-state index contributed by atoms with van der Waals surface area (Å²) in [4.78, 5) is 14.0. The number of thioether (sulfide) groups is 1. The third-order valence-corrected chi connectivity index (χ3v) is 5.28. The van der Waals surface area contributed by atoms with Crippen molar-refractivity contribution < 1.29 is 0 Å². The van der Waals surface area contributed by atoms with E-state index in [1.807, 2.05) is 30.1 Å². The standard InChI is InChI=1S/C17H29N5S/c1-5-18-16(20-14-17(2,3)23-4)22-12-10-21(11-13-22)15-8-6-7-9-19-15/h6-9H,5,10-14H2,1-4H3,(H,18,20). The van der Waals surface area contributed by atoms with Gasteiger partial charge in [0.2, 0.25) is 0 Å². The highest BCUT2D eigenvalue weighted by Gasteiger charge is 2.21. The van der Waals surface area contributed by atoms with Gasteiger partial charge < -0.3 is 15.1 Å². The molecule has 1 saturated heterocycles. The van der Waals surface area contributed by atoms with Gasteiger partial charge in [0.05, 0.1) is 6.54 Å². The first kappa shape index (κ1) is 17.9. The summed E-state index contributed by atoms with van der Waals surface area (Å²) in [5, 5.41) is 3.44. The molecule has 0 aromatic carbocycles. The SMILES string of the molecule is CCNC(=NCC(C)(C)SC)N1CCN(c2ccccn2)CC1. The summed E-state index contributed by atoms with van der Waals surface area (Å²) in [6.07, 6.45) is 4.01. The van der Waals surface area contributed by atoms with Crippen molar-refractivity contribution in [1.82, 2.24) is 15.2 Å². The van der Waals surface area contributed by atoms with Gasteiger partial charge >= 0.3 is 0 Å². The maximum absolute atomic E-state index is 4.85. The third-order valence-electron chi connectivity index (χ3n) is 4.05. The van der Waals surface area contributed by atoms with E-state index in [0.717, 1.165) is 51.0 Å². The molecule has 0 bridgehead atoms. The minimum absolute atomic E-state index is 0.177. The summed E-state index contributed by atoms with van der Waals surface area (Å²) in [7, 11) is 0. The van der Waals surface area contributed by atoms with Crippen LogP contribution in [-0.4, -0.2) is 66.1 Å². The fraction of sp³-hybridized carbons (Fsp3) is 0.647. The number of aliphatic imine (C=N–C) groups is 1. The number of piperazine rings is 1. The van der Waals surface area contributed by atoms with Crippen LogP contribution < -0.4 is 10.2 Å². The van der Waals surface area contributed by atoms with Crippen molar-refractivity contribution in [2.24, 2.45) is 4.99 Å². The number of hydrogen-bond donors (Lipinski definition) is 1. The molecule has 5 nitrogen and oxygen atoms in total. The number of pyridine rings is 1. The van der Waals surface area contributed by atoms with Crippen LogP contribution in [0, 0.1) is 0 Å². The largest absolute Gasteiger partial charge is 0.357 e. The van der Waals surface area contributed by atoms with Crippen molar-refractivity contribution in [3.63, 3.8) is 0 Å². The Morgan fingerprint density at radius 1 is 1.30 bits per heavy atom. The van der Waals surface area contributed by atoms with Gasteiger partial charge in [0.1, 0.15) is 5.82 Å². The number of nitrogens with zero attached hydrogens (tertiary/aromatic N) is 4. The zero-order valence-electron chi connectivity index (χ0n) is 14.7.